The van der Waals surface area contributed by atoms with E-state index in [1.54, 1.807) is 12.1 Å². The predicted molar refractivity (Wildman–Crippen MR) is 89.9 cm³/mol. The second kappa shape index (κ2) is 6.80. The van der Waals surface area contributed by atoms with Crippen molar-refractivity contribution in [3.8, 4) is 0 Å². The molecule has 2 fully saturated rings. The fourth-order valence-electron chi connectivity index (χ4n) is 3.04. The number of nitrogens with one attached hydrogen (secondary N) is 1. The van der Waals surface area contributed by atoms with Gasteiger partial charge in [0.1, 0.15) is 5.82 Å². The molecule has 1 heterocycles. The fraction of sp³-hybridized carbons (Fsp3) is 0.588. The van der Waals surface area contributed by atoms with Gasteiger partial charge in [-0.15, -0.1) is 0 Å². The van der Waals surface area contributed by atoms with Gasteiger partial charge in [0.25, 0.3) is 0 Å². The first-order valence-corrected chi connectivity index (χ1v) is 10.1. The second-order valence-corrected chi connectivity index (χ2v) is 9.08. The van der Waals surface area contributed by atoms with E-state index in [0.29, 0.717) is 18.0 Å². The van der Waals surface area contributed by atoms with Gasteiger partial charge in [0, 0.05) is 31.1 Å². The molecule has 1 N–H and O–H groups in total. The molecule has 1 unspecified atom stereocenters. The molecule has 5 nitrogen and oxygen atoms in total. The maximum absolute atomic E-state index is 14.1. The molecule has 0 radical (unpaired) electrons. The molecule has 1 atom stereocenters. The summed E-state index contributed by atoms with van der Waals surface area (Å²) < 4.78 is 37.5. The Labute approximate surface area is 142 Å². The molecule has 0 bridgehead atoms. The van der Waals surface area contributed by atoms with E-state index in [9.17, 15) is 17.6 Å². The molecule has 1 aliphatic heterocycles. The van der Waals surface area contributed by atoms with Crippen LogP contribution in [-0.4, -0.2) is 50.4 Å². The van der Waals surface area contributed by atoms with Crippen LogP contribution in [0.5, 0.6) is 0 Å². The molecule has 2 aliphatic rings. The molecule has 0 aromatic heterocycles. The maximum Gasteiger partial charge on any atom is 0.221 e. The van der Waals surface area contributed by atoms with Gasteiger partial charge in [0.2, 0.25) is 5.91 Å². The van der Waals surface area contributed by atoms with Crippen LogP contribution in [0.25, 0.3) is 0 Å². The Balaban J connectivity index is 1.53. The second-order valence-electron chi connectivity index (χ2n) is 6.85. The molecule has 1 aromatic carbocycles. The minimum Gasteiger partial charge on any atom is -0.352 e. The molecular weight excluding hydrogens is 331 g/mol. The Morgan fingerprint density at radius 2 is 2.12 bits per heavy atom. The quantitative estimate of drug-likeness (QED) is 0.869. The van der Waals surface area contributed by atoms with E-state index in [1.165, 1.54) is 0 Å². The van der Waals surface area contributed by atoms with Gasteiger partial charge in [-0.25, -0.2) is 12.8 Å². The molecule has 1 saturated carbocycles. The summed E-state index contributed by atoms with van der Waals surface area (Å²) in [6.07, 6.45) is 2.35. The monoisotopic (exact) mass is 354 g/mol. The highest BCUT2D eigenvalue weighted by atomic mass is 32.2. The topological polar surface area (TPSA) is 66.5 Å². The number of hydrogen-bond acceptors (Lipinski definition) is 4. The number of halogens is 1. The molecular formula is C17H23FN2O3S. The lowest BCUT2D eigenvalue weighted by atomic mass is 10.1. The van der Waals surface area contributed by atoms with Gasteiger partial charge in [0.15, 0.2) is 9.84 Å². The number of sulfone groups is 1. The Morgan fingerprint density at radius 1 is 1.38 bits per heavy atom. The average Bonchev–Trinajstić information content (AvgIpc) is 3.34. The predicted octanol–water partition coefficient (Wildman–Crippen LogP) is 1.44. The normalized spacial score (nSPS) is 23.8. The van der Waals surface area contributed by atoms with Crippen LogP contribution >= 0.6 is 0 Å². The summed E-state index contributed by atoms with van der Waals surface area (Å²) in [5.41, 5.74) is 1.48. The van der Waals surface area contributed by atoms with Crippen molar-refractivity contribution in [3.63, 3.8) is 0 Å². The zero-order valence-electron chi connectivity index (χ0n) is 13.8. The number of amides is 1. The number of benzene rings is 1. The maximum atomic E-state index is 14.1. The molecule has 0 spiro atoms. The number of hydrogen-bond donors (Lipinski definition) is 1. The number of nitrogens with zero attached hydrogens (tertiary/aromatic N) is 1. The zero-order valence-corrected chi connectivity index (χ0v) is 14.6. The van der Waals surface area contributed by atoms with Crippen molar-refractivity contribution in [2.75, 3.05) is 25.1 Å². The summed E-state index contributed by atoms with van der Waals surface area (Å²) in [5, 5.41) is 2.70. The third-order valence-electron chi connectivity index (χ3n) is 4.85. The lowest BCUT2D eigenvalue weighted by Crippen LogP contribution is -2.48. The highest BCUT2D eigenvalue weighted by Gasteiger charge is 2.30. The average molecular weight is 354 g/mol. The standard InChI is InChI=1S/C17H23FN2O3S/c1-20-6-7-24(22,23)11-15(20)9-17(21)19-10-14-5-4-13(8-16(14)18)12-2-3-12/h4-5,8,12,15H,2-3,6-7,9-11H2,1H3,(H,19,21). The third kappa shape index (κ3) is 4.33. The van der Waals surface area contributed by atoms with Crippen molar-refractivity contribution in [2.24, 2.45) is 0 Å². The highest BCUT2D eigenvalue weighted by Crippen LogP contribution is 2.40. The van der Waals surface area contributed by atoms with Gasteiger partial charge < -0.3 is 10.2 Å². The minimum atomic E-state index is -3.07. The first-order chi connectivity index (χ1) is 11.3. The molecule has 1 saturated heterocycles. The molecule has 1 aliphatic carbocycles. The number of carbonyl (C=O) groups is 1. The molecule has 24 heavy (non-hydrogen) atoms. The Kier molecular flexibility index (Phi) is 4.92. The zero-order chi connectivity index (χ0) is 17.3. The van der Waals surface area contributed by atoms with Crippen LogP contribution in [0.15, 0.2) is 18.2 Å². The molecule has 1 aromatic rings. The summed E-state index contributed by atoms with van der Waals surface area (Å²) in [6, 6.07) is 4.89. The van der Waals surface area contributed by atoms with Gasteiger partial charge >= 0.3 is 0 Å². The van der Waals surface area contributed by atoms with Crippen LogP contribution in [-0.2, 0) is 21.2 Å². The molecule has 3 rings (SSSR count). The summed E-state index contributed by atoms with van der Waals surface area (Å²) in [5.74, 6) is 0.0836. The van der Waals surface area contributed by atoms with Crippen LogP contribution in [0.1, 0.15) is 36.3 Å². The van der Waals surface area contributed by atoms with E-state index in [0.717, 1.165) is 18.4 Å². The van der Waals surface area contributed by atoms with Crippen molar-refractivity contribution in [3.05, 3.63) is 35.1 Å². The Bertz CT molecular complexity index is 731. The van der Waals surface area contributed by atoms with Crippen LogP contribution < -0.4 is 5.32 Å². The van der Waals surface area contributed by atoms with E-state index in [-0.39, 0.29) is 42.2 Å². The number of rotatable bonds is 5. The lowest BCUT2D eigenvalue weighted by Gasteiger charge is -2.31. The first kappa shape index (κ1) is 17.4. The Morgan fingerprint density at radius 3 is 2.79 bits per heavy atom. The fourth-order valence-corrected chi connectivity index (χ4v) is 4.73. The third-order valence-corrected chi connectivity index (χ3v) is 6.54. The van der Waals surface area contributed by atoms with Crippen molar-refractivity contribution < 1.29 is 17.6 Å². The van der Waals surface area contributed by atoms with Crippen LogP contribution in [0.3, 0.4) is 0 Å². The summed E-state index contributed by atoms with van der Waals surface area (Å²) in [6.45, 7) is 0.566. The van der Waals surface area contributed by atoms with Crippen molar-refractivity contribution >= 4 is 15.7 Å². The van der Waals surface area contributed by atoms with Crippen LogP contribution in [0, 0.1) is 5.82 Å². The van der Waals surface area contributed by atoms with Crippen LogP contribution in [0.4, 0.5) is 4.39 Å². The molecule has 132 valence electrons. The van der Waals surface area contributed by atoms with Gasteiger partial charge in [-0.05, 0) is 37.4 Å². The summed E-state index contributed by atoms with van der Waals surface area (Å²) >= 11 is 0. The van der Waals surface area contributed by atoms with Gasteiger partial charge in [0.05, 0.1) is 11.5 Å². The molecule has 7 heteroatoms. The van der Waals surface area contributed by atoms with Crippen molar-refractivity contribution in [1.29, 1.82) is 0 Å². The van der Waals surface area contributed by atoms with E-state index >= 15 is 0 Å². The molecule has 1 amide bonds. The lowest BCUT2D eigenvalue weighted by molar-refractivity contribution is -0.122. The van der Waals surface area contributed by atoms with Gasteiger partial charge in [-0.3, -0.25) is 4.79 Å². The summed E-state index contributed by atoms with van der Waals surface area (Å²) in [7, 11) is -1.25. The van der Waals surface area contributed by atoms with E-state index in [1.807, 2.05) is 18.0 Å². The van der Waals surface area contributed by atoms with Crippen molar-refractivity contribution in [1.82, 2.24) is 10.2 Å². The highest BCUT2D eigenvalue weighted by molar-refractivity contribution is 7.91. The summed E-state index contributed by atoms with van der Waals surface area (Å²) in [4.78, 5) is 14.0. The minimum absolute atomic E-state index is 0.00136. The Hall–Kier alpha value is -1.47. The van der Waals surface area contributed by atoms with Crippen LogP contribution in [0.2, 0.25) is 0 Å². The number of carbonyl (C=O) groups excluding carboxylic acids is 1. The van der Waals surface area contributed by atoms with E-state index in [2.05, 4.69) is 5.32 Å². The van der Waals surface area contributed by atoms with Gasteiger partial charge in [-0.2, -0.15) is 0 Å². The van der Waals surface area contributed by atoms with E-state index < -0.39 is 9.84 Å². The SMILES string of the molecule is CN1CCS(=O)(=O)CC1CC(=O)NCc1ccc(C2CC2)cc1F. The first-order valence-electron chi connectivity index (χ1n) is 8.30. The van der Waals surface area contributed by atoms with Crippen molar-refractivity contribution in [2.45, 2.75) is 37.8 Å². The van der Waals surface area contributed by atoms with E-state index in [4.69, 9.17) is 0 Å². The largest absolute Gasteiger partial charge is 0.352 e. The smallest absolute Gasteiger partial charge is 0.221 e. The van der Waals surface area contributed by atoms with Gasteiger partial charge in [-0.1, -0.05) is 12.1 Å².